The molecule has 0 radical (unpaired) electrons. The Morgan fingerprint density at radius 3 is 2.78 bits per heavy atom. The van der Waals surface area contributed by atoms with Crippen molar-refractivity contribution in [2.75, 3.05) is 5.32 Å². The smallest absolute Gasteiger partial charge is 0.147 e. The number of benzene rings is 2. The topological polar surface area (TPSA) is 66.5 Å². The van der Waals surface area contributed by atoms with E-state index in [1.165, 1.54) is 12.4 Å². The highest BCUT2D eigenvalue weighted by Crippen LogP contribution is 2.17. The molecule has 2 aromatic carbocycles. The summed E-state index contributed by atoms with van der Waals surface area (Å²) in [5, 5.41) is 15.9. The van der Waals surface area contributed by atoms with Crippen LogP contribution >= 0.6 is 0 Å². The fraction of sp³-hybridized carbons (Fsp3) is 0.118. The summed E-state index contributed by atoms with van der Waals surface area (Å²) in [6.07, 6.45) is 3.16. The second-order valence-corrected chi connectivity index (χ2v) is 5.07. The Hall–Kier alpha value is -3.20. The lowest BCUT2D eigenvalue weighted by molar-refractivity contribution is 0.629. The summed E-state index contributed by atoms with van der Waals surface area (Å²) < 4.78 is 15.6. The van der Waals surface area contributed by atoms with Gasteiger partial charge in [0, 0.05) is 6.54 Å². The minimum absolute atomic E-state index is 0.308. The zero-order valence-corrected chi connectivity index (χ0v) is 12.3. The lowest BCUT2D eigenvalue weighted by atomic mass is 10.1. The van der Waals surface area contributed by atoms with Gasteiger partial charge in [0.25, 0.3) is 0 Å². The highest BCUT2D eigenvalue weighted by atomic mass is 19.1. The molecule has 3 aromatic rings. The van der Waals surface area contributed by atoms with Crippen LogP contribution in [-0.2, 0) is 13.1 Å². The number of hydrogen-bond acceptors (Lipinski definition) is 4. The van der Waals surface area contributed by atoms with Crippen LogP contribution in [0.1, 0.15) is 16.7 Å². The van der Waals surface area contributed by atoms with E-state index < -0.39 is 5.82 Å². The number of nitrogens with zero attached hydrogens (tertiary/aromatic N) is 4. The van der Waals surface area contributed by atoms with Gasteiger partial charge in [0.05, 0.1) is 23.9 Å². The van der Waals surface area contributed by atoms with E-state index in [1.54, 1.807) is 23.1 Å². The molecule has 0 spiro atoms. The Labute approximate surface area is 133 Å². The molecule has 6 heteroatoms. The normalized spacial score (nSPS) is 10.3. The number of hydrogen-bond donors (Lipinski definition) is 1. The van der Waals surface area contributed by atoms with Crippen molar-refractivity contribution in [1.82, 2.24) is 14.8 Å². The van der Waals surface area contributed by atoms with E-state index >= 15 is 0 Å². The molecule has 1 N–H and O–H groups in total. The molecule has 0 aliphatic carbocycles. The third-order valence-electron chi connectivity index (χ3n) is 3.38. The average molecular weight is 307 g/mol. The molecule has 0 saturated carbocycles. The van der Waals surface area contributed by atoms with Crippen molar-refractivity contribution in [3.8, 4) is 6.07 Å². The quantitative estimate of drug-likeness (QED) is 0.787. The fourth-order valence-electron chi connectivity index (χ4n) is 2.26. The molecule has 0 amide bonds. The second-order valence-electron chi connectivity index (χ2n) is 5.07. The van der Waals surface area contributed by atoms with E-state index in [0.717, 1.165) is 11.1 Å². The van der Waals surface area contributed by atoms with Crippen molar-refractivity contribution in [3.63, 3.8) is 0 Å². The van der Waals surface area contributed by atoms with Crippen molar-refractivity contribution in [2.24, 2.45) is 0 Å². The van der Waals surface area contributed by atoms with Gasteiger partial charge in [-0.25, -0.2) is 14.1 Å². The summed E-state index contributed by atoms with van der Waals surface area (Å²) in [5.74, 6) is -0.428. The summed E-state index contributed by atoms with van der Waals surface area (Å²) in [4.78, 5) is 3.92. The first-order valence-electron chi connectivity index (χ1n) is 7.08. The van der Waals surface area contributed by atoms with Crippen LogP contribution in [-0.4, -0.2) is 14.8 Å². The van der Waals surface area contributed by atoms with Gasteiger partial charge >= 0.3 is 0 Å². The molecular weight excluding hydrogens is 293 g/mol. The summed E-state index contributed by atoms with van der Waals surface area (Å²) >= 11 is 0. The number of nitrogens with one attached hydrogen (secondary N) is 1. The van der Waals surface area contributed by atoms with Gasteiger partial charge in [-0.3, -0.25) is 0 Å². The van der Waals surface area contributed by atoms with Gasteiger partial charge in [-0.1, -0.05) is 24.3 Å². The second kappa shape index (κ2) is 6.71. The number of halogens is 1. The Morgan fingerprint density at radius 1 is 1.17 bits per heavy atom. The van der Waals surface area contributed by atoms with Gasteiger partial charge in [0.15, 0.2) is 0 Å². The zero-order valence-electron chi connectivity index (χ0n) is 12.3. The van der Waals surface area contributed by atoms with Crippen molar-refractivity contribution in [3.05, 3.63) is 77.6 Å². The molecule has 1 heterocycles. The Balaban J connectivity index is 1.68. The van der Waals surface area contributed by atoms with Crippen LogP contribution < -0.4 is 5.32 Å². The Bertz CT molecular complexity index is 836. The van der Waals surface area contributed by atoms with Crippen LogP contribution in [0.5, 0.6) is 0 Å². The van der Waals surface area contributed by atoms with E-state index in [2.05, 4.69) is 15.4 Å². The predicted octanol–water partition coefficient (Wildman–Crippen LogP) is 2.95. The standard InChI is InChI=1S/C17H14FN5/c18-16-7-13(8-19)4-5-17(16)21-9-14-2-1-3-15(6-14)10-23-12-20-11-22-23/h1-7,11-12,21H,9-10H2. The molecule has 3 rings (SSSR count). The number of nitriles is 1. The van der Waals surface area contributed by atoms with Crippen molar-refractivity contribution >= 4 is 5.69 Å². The maximum atomic E-state index is 13.8. The van der Waals surface area contributed by atoms with Gasteiger partial charge < -0.3 is 5.32 Å². The van der Waals surface area contributed by atoms with Crippen LogP contribution in [0, 0.1) is 17.1 Å². The first-order valence-corrected chi connectivity index (χ1v) is 7.08. The number of anilines is 1. The SMILES string of the molecule is N#Cc1ccc(NCc2cccc(Cn3cncn3)c2)c(F)c1. The summed E-state index contributed by atoms with van der Waals surface area (Å²) in [6, 6.07) is 14.3. The minimum atomic E-state index is -0.428. The highest BCUT2D eigenvalue weighted by molar-refractivity contribution is 5.49. The van der Waals surface area contributed by atoms with Gasteiger partial charge in [0.2, 0.25) is 0 Å². The van der Waals surface area contributed by atoms with Gasteiger partial charge in [-0.15, -0.1) is 0 Å². The lowest BCUT2D eigenvalue weighted by Gasteiger charge is -2.09. The number of rotatable bonds is 5. The molecule has 5 nitrogen and oxygen atoms in total. The van der Waals surface area contributed by atoms with E-state index in [4.69, 9.17) is 5.26 Å². The molecule has 0 aliphatic heterocycles. The van der Waals surface area contributed by atoms with Gasteiger partial charge in [0.1, 0.15) is 18.5 Å². The van der Waals surface area contributed by atoms with Crippen molar-refractivity contribution in [2.45, 2.75) is 13.1 Å². The monoisotopic (exact) mass is 307 g/mol. The maximum Gasteiger partial charge on any atom is 0.147 e. The van der Waals surface area contributed by atoms with E-state index in [-0.39, 0.29) is 0 Å². The number of aromatic nitrogens is 3. The Morgan fingerprint density at radius 2 is 2.04 bits per heavy atom. The predicted molar refractivity (Wildman–Crippen MR) is 84.0 cm³/mol. The molecule has 0 unspecified atom stereocenters. The molecule has 0 bridgehead atoms. The van der Waals surface area contributed by atoms with Crippen LogP contribution in [0.25, 0.3) is 0 Å². The molecule has 23 heavy (non-hydrogen) atoms. The third kappa shape index (κ3) is 3.71. The first kappa shape index (κ1) is 14.7. The van der Waals surface area contributed by atoms with Crippen LogP contribution in [0.2, 0.25) is 0 Å². The van der Waals surface area contributed by atoms with E-state index in [1.807, 2.05) is 30.3 Å². The molecule has 0 fully saturated rings. The minimum Gasteiger partial charge on any atom is -0.379 e. The average Bonchev–Trinajstić information content (AvgIpc) is 3.07. The summed E-state index contributed by atoms with van der Waals surface area (Å²) in [5.41, 5.74) is 2.81. The fourth-order valence-corrected chi connectivity index (χ4v) is 2.26. The van der Waals surface area contributed by atoms with Crippen LogP contribution in [0.15, 0.2) is 55.1 Å². The molecule has 0 saturated heterocycles. The van der Waals surface area contributed by atoms with Gasteiger partial charge in [-0.05, 0) is 29.3 Å². The maximum absolute atomic E-state index is 13.8. The van der Waals surface area contributed by atoms with Crippen molar-refractivity contribution < 1.29 is 4.39 Å². The Kier molecular flexibility index (Phi) is 4.29. The molecule has 0 atom stereocenters. The lowest BCUT2D eigenvalue weighted by Crippen LogP contribution is -2.04. The molecule has 114 valence electrons. The van der Waals surface area contributed by atoms with E-state index in [0.29, 0.717) is 24.3 Å². The van der Waals surface area contributed by atoms with E-state index in [9.17, 15) is 4.39 Å². The zero-order chi connectivity index (χ0) is 16.1. The summed E-state index contributed by atoms with van der Waals surface area (Å²) in [6.45, 7) is 1.13. The largest absolute Gasteiger partial charge is 0.379 e. The first-order chi connectivity index (χ1) is 11.2. The van der Waals surface area contributed by atoms with Crippen LogP contribution in [0.4, 0.5) is 10.1 Å². The van der Waals surface area contributed by atoms with Gasteiger partial charge in [-0.2, -0.15) is 10.4 Å². The molecular formula is C17H14FN5. The van der Waals surface area contributed by atoms with Crippen LogP contribution in [0.3, 0.4) is 0 Å². The van der Waals surface area contributed by atoms with Crippen molar-refractivity contribution in [1.29, 1.82) is 5.26 Å². The highest BCUT2D eigenvalue weighted by Gasteiger charge is 2.04. The third-order valence-corrected chi connectivity index (χ3v) is 3.38. The molecule has 0 aliphatic rings. The summed E-state index contributed by atoms with van der Waals surface area (Å²) in [7, 11) is 0. The molecule has 1 aromatic heterocycles.